The van der Waals surface area contributed by atoms with E-state index in [0.717, 1.165) is 22.4 Å². The lowest BCUT2D eigenvalue weighted by Gasteiger charge is -2.11. The Labute approximate surface area is 289 Å². The van der Waals surface area contributed by atoms with Crippen LogP contribution in [0.1, 0.15) is 16.7 Å². The molecule has 0 bridgehead atoms. The van der Waals surface area contributed by atoms with Crippen molar-refractivity contribution in [3.05, 3.63) is 180 Å². The molecule has 0 saturated carbocycles. The molecule has 7 aromatic carbocycles. The molecule has 0 spiro atoms. The summed E-state index contributed by atoms with van der Waals surface area (Å²) in [5, 5.41) is 21.6. The van der Waals surface area contributed by atoms with E-state index in [1.165, 1.54) is 49.3 Å². The molecule has 238 valence electrons. The van der Waals surface area contributed by atoms with Crippen molar-refractivity contribution in [1.82, 2.24) is 9.13 Å². The third-order valence-electron chi connectivity index (χ3n) is 9.57. The molecule has 9 aromatic rings. The molecule has 0 saturated heterocycles. The maximum Gasteiger partial charge on any atom is 0.221 e. The largest absolute Gasteiger partial charge is 0.421 e. The molecule has 0 aliphatic rings. The van der Waals surface area contributed by atoms with Crippen LogP contribution in [-0.4, -0.2) is 20.9 Å². The van der Waals surface area contributed by atoms with E-state index in [9.17, 15) is 0 Å². The minimum atomic E-state index is -0.0586. The normalized spacial score (nSPS) is 11.5. The third kappa shape index (κ3) is 4.87. The number of ether oxygens (including phenoxy) is 1. The average Bonchev–Trinajstić information content (AvgIpc) is 3.67. The Hall–Kier alpha value is -6.72. The van der Waals surface area contributed by atoms with Crippen LogP contribution in [0.3, 0.4) is 0 Å². The van der Waals surface area contributed by atoms with Gasteiger partial charge in [-0.3, -0.25) is 10.8 Å². The van der Waals surface area contributed by atoms with E-state index >= 15 is 0 Å². The van der Waals surface area contributed by atoms with E-state index in [2.05, 4.69) is 125 Å². The second-order valence-electron chi connectivity index (χ2n) is 12.7. The Kier molecular flexibility index (Phi) is 6.92. The molecule has 0 atom stereocenters. The summed E-state index contributed by atoms with van der Waals surface area (Å²) in [6.07, 6.45) is 0. The minimum Gasteiger partial charge on any atom is -0.421 e. The second kappa shape index (κ2) is 11.8. The number of nitrogens with one attached hydrogen (secondary N) is 2. The molecule has 0 fully saturated rings. The van der Waals surface area contributed by atoms with Crippen LogP contribution in [0.5, 0.6) is 0 Å². The quantitative estimate of drug-likeness (QED) is 0.142. The lowest BCUT2D eigenvalue weighted by atomic mass is 10.0. The summed E-state index contributed by atoms with van der Waals surface area (Å²) in [6.45, 7) is 2.14. The van der Waals surface area contributed by atoms with Crippen LogP contribution in [0, 0.1) is 17.7 Å². The van der Waals surface area contributed by atoms with E-state index in [4.69, 9.17) is 15.6 Å². The Morgan fingerprint density at radius 1 is 0.420 bits per heavy atom. The lowest BCUT2D eigenvalue weighted by Crippen LogP contribution is -2.13. The highest BCUT2D eigenvalue weighted by molar-refractivity contribution is 6.13. The van der Waals surface area contributed by atoms with Crippen LogP contribution in [-0.2, 0) is 4.74 Å². The van der Waals surface area contributed by atoms with Crippen molar-refractivity contribution in [3.63, 3.8) is 0 Å². The number of benzene rings is 7. The Bertz CT molecular complexity index is 2760. The topological polar surface area (TPSA) is 66.8 Å². The van der Waals surface area contributed by atoms with Crippen LogP contribution >= 0.6 is 0 Å². The summed E-state index contributed by atoms with van der Waals surface area (Å²) in [4.78, 5) is 0. The van der Waals surface area contributed by atoms with Crippen molar-refractivity contribution in [2.75, 3.05) is 0 Å². The number of para-hydroxylation sites is 2. The van der Waals surface area contributed by atoms with Gasteiger partial charge in [-0.05, 0) is 109 Å². The first-order valence-electron chi connectivity index (χ1n) is 16.7. The molecule has 0 radical (unpaired) electrons. The molecule has 5 nitrogen and oxygen atoms in total. The van der Waals surface area contributed by atoms with Gasteiger partial charge in [0.2, 0.25) is 11.8 Å². The minimum absolute atomic E-state index is 0.0469. The SMILES string of the molecule is Cc1ccc2c(c1)c1cc(-c3ccc4c(c3)c3ccccc3n4-c3ccccc3)ccc1n2-c1ccc(C(=N)OC(=N)c2ccccc2)cc1. The van der Waals surface area contributed by atoms with Gasteiger partial charge in [-0.2, -0.15) is 0 Å². The number of aromatic nitrogens is 2. The fraction of sp³-hybridized carbons (Fsp3) is 0.0222. The van der Waals surface area contributed by atoms with Crippen LogP contribution in [0.25, 0.3) is 66.1 Å². The van der Waals surface area contributed by atoms with Gasteiger partial charge in [0.05, 0.1) is 22.1 Å². The van der Waals surface area contributed by atoms with Gasteiger partial charge in [0.25, 0.3) is 0 Å². The van der Waals surface area contributed by atoms with Gasteiger partial charge < -0.3 is 13.9 Å². The smallest absolute Gasteiger partial charge is 0.221 e. The molecule has 0 unspecified atom stereocenters. The van der Waals surface area contributed by atoms with Gasteiger partial charge in [-0.1, -0.05) is 78.4 Å². The maximum absolute atomic E-state index is 8.51. The fourth-order valence-corrected chi connectivity index (χ4v) is 7.17. The predicted molar refractivity (Wildman–Crippen MR) is 206 cm³/mol. The molecule has 2 aromatic heterocycles. The number of hydrogen-bond acceptors (Lipinski definition) is 3. The van der Waals surface area contributed by atoms with E-state index in [1.54, 1.807) is 12.1 Å². The maximum atomic E-state index is 8.51. The highest BCUT2D eigenvalue weighted by atomic mass is 16.5. The first-order chi connectivity index (χ1) is 24.5. The number of hydrogen-bond donors (Lipinski definition) is 2. The Balaban J connectivity index is 1.12. The zero-order valence-electron chi connectivity index (χ0n) is 27.4. The number of rotatable bonds is 5. The van der Waals surface area contributed by atoms with E-state index in [0.29, 0.717) is 11.1 Å². The number of fused-ring (bicyclic) bond motifs is 6. The summed E-state index contributed by atoms with van der Waals surface area (Å²) in [5.41, 5.74) is 11.5. The highest BCUT2D eigenvalue weighted by Crippen LogP contribution is 2.38. The predicted octanol–water partition coefficient (Wildman–Crippen LogP) is 11.2. The van der Waals surface area contributed by atoms with Crippen LogP contribution < -0.4 is 0 Å². The summed E-state index contributed by atoms with van der Waals surface area (Å²) >= 11 is 0. The average molecular weight is 645 g/mol. The Morgan fingerprint density at radius 2 is 0.880 bits per heavy atom. The van der Waals surface area contributed by atoms with Crippen molar-refractivity contribution in [3.8, 4) is 22.5 Å². The van der Waals surface area contributed by atoms with Gasteiger partial charge in [0.1, 0.15) is 0 Å². The Morgan fingerprint density at radius 3 is 1.52 bits per heavy atom. The van der Waals surface area contributed by atoms with Gasteiger partial charge >= 0.3 is 0 Å². The van der Waals surface area contributed by atoms with Crippen LogP contribution in [0.4, 0.5) is 0 Å². The monoisotopic (exact) mass is 644 g/mol. The molecular weight excluding hydrogens is 613 g/mol. The highest BCUT2D eigenvalue weighted by Gasteiger charge is 2.17. The molecule has 5 heteroatoms. The van der Waals surface area contributed by atoms with Crippen molar-refractivity contribution < 1.29 is 4.74 Å². The summed E-state index contributed by atoms with van der Waals surface area (Å²) in [5.74, 6) is -0.105. The van der Waals surface area contributed by atoms with Gasteiger partial charge in [0, 0.05) is 44.0 Å². The van der Waals surface area contributed by atoms with E-state index in [1.807, 2.05) is 42.5 Å². The first kappa shape index (κ1) is 29.4. The van der Waals surface area contributed by atoms with Crippen LogP contribution in [0.15, 0.2) is 164 Å². The van der Waals surface area contributed by atoms with Gasteiger partial charge in [-0.15, -0.1) is 0 Å². The molecule has 0 aliphatic heterocycles. The van der Waals surface area contributed by atoms with Crippen LogP contribution in [0.2, 0.25) is 0 Å². The van der Waals surface area contributed by atoms with Crippen molar-refractivity contribution in [2.45, 2.75) is 6.92 Å². The molecular formula is C45H32N4O. The zero-order valence-corrected chi connectivity index (χ0v) is 27.4. The molecule has 50 heavy (non-hydrogen) atoms. The molecule has 9 rings (SSSR count). The molecule has 2 heterocycles. The number of aryl methyl sites for hydroxylation is 1. The van der Waals surface area contributed by atoms with Gasteiger partial charge in [0.15, 0.2) is 0 Å². The fourth-order valence-electron chi connectivity index (χ4n) is 7.17. The first-order valence-corrected chi connectivity index (χ1v) is 16.7. The number of nitrogens with zero attached hydrogens (tertiary/aromatic N) is 2. The third-order valence-corrected chi connectivity index (χ3v) is 9.57. The molecule has 0 aliphatic carbocycles. The zero-order chi connectivity index (χ0) is 33.8. The van der Waals surface area contributed by atoms with Crippen molar-refractivity contribution in [2.24, 2.45) is 0 Å². The second-order valence-corrected chi connectivity index (χ2v) is 12.7. The molecule has 0 amide bonds. The van der Waals surface area contributed by atoms with E-state index < -0.39 is 0 Å². The van der Waals surface area contributed by atoms with Gasteiger partial charge in [-0.25, -0.2) is 0 Å². The van der Waals surface area contributed by atoms with Crippen molar-refractivity contribution in [1.29, 1.82) is 10.8 Å². The summed E-state index contributed by atoms with van der Waals surface area (Å²) in [6, 6.07) is 56.4. The lowest BCUT2D eigenvalue weighted by molar-refractivity contribution is 0.538. The standard InChI is InChI=1S/C45H32N4O/c1-29-16-23-41-37(26-29)39-28-33(32-19-24-42-38(27-32)36-14-8-9-15-40(36)48(42)34-12-6-3-7-13-34)20-25-43(39)49(41)35-21-17-31(18-22-35)45(47)50-44(46)30-10-4-2-5-11-30/h2-28,46-47H,1H3. The van der Waals surface area contributed by atoms with E-state index in [-0.39, 0.29) is 11.8 Å². The summed E-state index contributed by atoms with van der Waals surface area (Å²) < 4.78 is 10.2. The molecule has 2 N–H and O–H groups in total. The summed E-state index contributed by atoms with van der Waals surface area (Å²) in [7, 11) is 0. The van der Waals surface area contributed by atoms with Crippen molar-refractivity contribution >= 4 is 55.4 Å².